The van der Waals surface area contributed by atoms with Gasteiger partial charge in [-0.05, 0) is 35.9 Å². The minimum atomic E-state index is 0.00102. The molecule has 3 rings (SSSR count). The number of aromatic nitrogens is 1. The number of carbonyl (C=O) groups excluding carboxylic acids is 1. The highest BCUT2D eigenvalue weighted by Crippen LogP contribution is 2.36. The summed E-state index contributed by atoms with van der Waals surface area (Å²) in [5, 5.41) is 2.53. The molecule has 0 radical (unpaired) electrons. The van der Waals surface area contributed by atoms with Gasteiger partial charge in [0.05, 0.1) is 16.6 Å². The molecule has 0 aromatic carbocycles. The fraction of sp³-hybridized carbons (Fsp3) is 0.333. The molecular weight excluding hydrogens is 292 g/mol. The molecule has 104 valence electrons. The van der Waals surface area contributed by atoms with Gasteiger partial charge in [0.1, 0.15) is 0 Å². The van der Waals surface area contributed by atoms with Crippen molar-refractivity contribution in [3.05, 3.63) is 50.9 Å². The summed E-state index contributed by atoms with van der Waals surface area (Å²) in [4.78, 5) is 20.0. The van der Waals surface area contributed by atoms with E-state index in [0.717, 1.165) is 19.4 Å². The zero-order valence-electron chi connectivity index (χ0n) is 11.2. The van der Waals surface area contributed by atoms with Crippen LogP contribution in [-0.4, -0.2) is 22.3 Å². The van der Waals surface area contributed by atoms with Gasteiger partial charge in [0.25, 0.3) is 5.91 Å². The van der Waals surface area contributed by atoms with E-state index in [9.17, 15) is 4.79 Å². The first-order valence-electron chi connectivity index (χ1n) is 6.69. The average Bonchev–Trinajstić information content (AvgIpc) is 2.94. The molecule has 0 saturated carbocycles. The van der Waals surface area contributed by atoms with E-state index in [2.05, 4.69) is 23.4 Å². The molecule has 1 aliphatic rings. The number of hydrogen-bond acceptors (Lipinski definition) is 3. The second kappa shape index (κ2) is 5.54. The maximum absolute atomic E-state index is 12.7. The Morgan fingerprint density at radius 3 is 3.15 bits per heavy atom. The lowest BCUT2D eigenvalue weighted by molar-refractivity contribution is 0.0657. The maximum atomic E-state index is 12.7. The molecule has 1 aliphatic heterocycles. The highest BCUT2D eigenvalue weighted by Gasteiger charge is 2.31. The predicted octanol–water partition coefficient (Wildman–Crippen LogP) is 3.95. The Kier molecular flexibility index (Phi) is 3.76. The monoisotopic (exact) mass is 306 g/mol. The first-order chi connectivity index (χ1) is 9.72. The van der Waals surface area contributed by atoms with E-state index in [1.807, 2.05) is 4.90 Å². The Morgan fingerprint density at radius 1 is 1.55 bits per heavy atom. The second-order valence-corrected chi connectivity index (χ2v) is 6.24. The number of carbonyl (C=O) groups is 1. The van der Waals surface area contributed by atoms with Gasteiger partial charge in [0, 0.05) is 23.8 Å². The van der Waals surface area contributed by atoms with Crippen LogP contribution in [0.25, 0.3) is 0 Å². The topological polar surface area (TPSA) is 33.2 Å². The predicted molar refractivity (Wildman–Crippen MR) is 81.3 cm³/mol. The van der Waals surface area contributed by atoms with Gasteiger partial charge < -0.3 is 4.90 Å². The Balaban J connectivity index is 1.95. The summed E-state index contributed by atoms with van der Waals surface area (Å²) in [6, 6.07) is 3.99. The van der Waals surface area contributed by atoms with E-state index >= 15 is 0 Å². The number of nitrogens with zero attached hydrogens (tertiary/aromatic N) is 2. The molecule has 3 nitrogen and oxygen atoms in total. The molecule has 2 aromatic rings. The zero-order chi connectivity index (χ0) is 14.1. The molecular formula is C15H15ClN2OS. The third-order valence-electron chi connectivity index (χ3n) is 3.75. The minimum Gasteiger partial charge on any atom is -0.331 e. The highest BCUT2D eigenvalue weighted by atomic mass is 35.5. The minimum absolute atomic E-state index is 0.00102. The molecule has 0 aliphatic carbocycles. The van der Waals surface area contributed by atoms with Crippen molar-refractivity contribution in [2.24, 2.45) is 0 Å². The Bertz CT molecular complexity index is 640. The first-order valence-corrected chi connectivity index (χ1v) is 7.95. The normalized spacial score (nSPS) is 17.9. The van der Waals surface area contributed by atoms with Gasteiger partial charge in [-0.15, -0.1) is 11.3 Å². The van der Waals surface area contributed by atoms with E-state index in [-0.39, 0.29) is 11.9 Å². The van der Waals surface area contributed by atoms with E-state index in [0.29, 0.717) is 10.6 Å². The third-order valence-corrected chi connectivity index (χ3v) is 5.04. The fourth-order valence-corrected chi connectivity index (χ4v) is 3.91. The van der Waals surface area contributed by atoms with Gasteiger partial charge >= 0.3 is 0 Å². The fourth-order valence-electron chi connectivity index (χ4n) is 2.78. The summed E-state index contributed by atoms with van der Waals surface area (Å²) in [6.45, 7) is 2.87. The van der Waals surface area contributed by atoms with Crippen molar-refractivity contribution in [1.29, 1.82) is 0 Å². The number of amides is 1. The number of hydrogen-bond donors (Lipinski definition) is 0. The summed E-state index contributed by atoms with van der Waals surface area (Å²) in [7, 11) is 0. The quantitative estimate of drug-likeness (QED) is 0.842. The van der Waals surface area contributed by atoms with Crippen LogP contribution in [-0.2, 0) is 6.42 Å². The Hall–Kier alpha value is -1.39. The lowest BCUT2D eigenvalue weighted by Crippen LogP contribution is -2.39. The number of fused-ring (bicyclic) bond motifs is 1. The molecule has 1 amide bonds. The molecule has 1 atom stereocenters. The summed E-state index contributed by atoms with van der Waals surface area (Å²) in [5.74, 6) is 0.00102. The molecule has 1 unspecified atom stereocenters. The first kappa shape index (κ1) is 13.6. The lowest BCUT2D eigenvalue weighted by atomic mass is 9.97. The number of thiophene rings is 1. The lowest BCUT2D eigenvalue weighted by Gasteiger charge is -2.35. The molecule has 2 aromatic heterocycles. The average molecular weight is 307 g/mol. The van der Waals surface area contributed by atoms with Crippen LogP contribution in [0.4, 0.5) is 0 Å². The zero-order valence-corrected chi connectivity index (χ0v) is 12.7. The van der Waals surface area contributed by atoms with Crippen LogP contribution in [0, 0.1) is 0 Å². The van der Waals surface area contributed by atoms with Crippen molar-refractivity contribution in [2.45, 2.75) is 25.8 Å². The van der Waals surface area contributed by atoms with Crippen molar-refractivity contribution in [2.75, 3.05) is 6.54 Å². The van der Waals surface area contributed by atoms with E-state index in [1.165, 1.54) is 16.6 Å². The van der Waals surface area contributed by atoms with Crippen molar-refractivity contribution >= 4 is 28.8 Å². The van der Waals surface area contributed by atoms with Crippen molar-refractivity contribution < 1.29 is 4.79 Å². The number of pyridine rings is 1. The number of halogens is 1. The third kappa shape index (κ3) is 2.23. The van der Waals surface area contributed by atoms with E-state index in [1.54, 1.807) is 23.6 Å². The van der Waals surface area contributed by atoms with E-state index in [4.69, 9.17) is 11.6 Å². The maximum Gasteiger partial charge on any atom is 0.256 e. The van der Waals surface area contributed by atoms with Crippen LogP contribution in [0.15, 0.2) is 29.9 Å². The molecule has 20 heavy (non-hydrogen) atoms. The van der Waals surface area contributed by atoms with Crippen LogP contribution in [0.1, 0.15) is 40.2 Å². The van der Waals surface area contributed by atoms with E-state index < -0.39 is 0 Å². The van der Waals surface area contributed by atoms with Crippen LogP contribution < -0.4 is 0 Å². The highest BCUT2D eigenvalue weighted by molar-refractivity contribution is 7.10. The van der Waals surface area contributed by atoms with Gasteiger partial charge in [-0.2, -0.15) is 0 Å². The Morgan fingerprint density at radius 2 is 2.40 bits per heavy atom. The van der Waals surface area contributed by atoms with Crippen LogP contribution >= 0.6 is 22.9 Å². The molecule has 5 heteroatoms. The van der Waals surface area contributed by atoms with Crippen molar-refractivity contribution in [1.82, 2.24) is 9.88 Å². The van der Waals surface area contributed by atoms with Gasteiger partial charge in [0.15, 0.2) is 0 Å². The second-order valence-electron chi connectivity index (χ2n) is 4.83. The van der Waals surface area contributed by atoms with Crippen LogP contribution in [0.5, 0.6) is 0 Å². The molecule has 0 spiro atoms. The van der Waals surface area contributed by atoms with Gasteiger partial charge in [-0.3, -0.25) is 9.78 Å². The molecule has 3 heterocycles. The summed E-state index contributed by atoms with van der Waals surface area (Å²) >= 11 is 7.88. The van der Waals surface area contributed by atoms with Crippen molar-refractivity contribution in [3.63, 3.8) is 0 Å². The SMILES string of the molecule is CCC1c2ccsc2CCN1C(=O)c1ccncc1Cl. The standard InChI is InChI=1S/C15H15ClN2OS/c1-2-13-11-5-8-20-14(11)4-7-18(13)15(19)10-3-6-17-9-12(10)16/h3,5-6,8-9,13H,2,4,7H2,1H3. The smallest absolute Gasteiger partial charge is 0.256 e. The van der Waals surface area contributed by atoms with Crippen LogP contribution in [0.3, 0.4) is 0 Å². The molecule has 0 saturated heterocycles. The number of rotatable bonds is 2. The summed E-state index contributed by atoms with van der Waals surface area (Å²) in [5.41, 5.74) is 1.83. The molecule has 0 bridgehead atoms. The van der Waals surface area contributed by atoms with Crippen LogP contribution in [0.2, 0.25) is 5.02 Å². The van der Waals surface area contributed by atoms with Crippen molar-refractivity contribution in [3.8, 4) is 0 Å². The molecule has 0 fully saturated rings. The summed E-state index contributed by atoms with van der Waals surface area (Å²) in [6.07, 6.45) is 4.98. The summed E-state index contributed by atoms with van der Waals surface area (Å²) < 4.78 is 0. The Labute approximate surface area is 127 Å². The van der Waals surface area contributed by atoms with Gasteiger partial charge in [-0.1, -0.05) is 18.5 Å². The molecule has 0 N–H and O–H groups in total. The van der Waals surface area contributed by atoms with Gasteiger partial charge in [-0.25, -0.2) is 0 Å². The van der Waals surface area contributed by atoms with Gasteiger partial charge in [0.2, 0.25) is 0 Å². The largest absolute Gasteiger partial charge is 0.331 e.